The van der Waals surface area contributed by atoms with Gasteiger partial charge in [-0.05, 0) is 12.1 Å². The van der Waals surface area contributed by atoms with E-state index in [1.165, 1.54) is 11.8 Å². The molecule has 0 atom stereocenters. The number of carbonyl (C=O) groups excluding carboxylic acids is 1. The van der Waals surface area contributed by atoms with E-state index in [-0.39, 0.29) is 5.24 Å². The quantitative estimate of drug-likeness (QED) is 0.756. The van der Waals surface area contributed by atoms with Gasteiger partial charge in [-0.15, -0.1) is 0 Å². The van der Waals surface area contributed by atoms with Crippen LogP contribution in [0.4, 0.5) is 4.79 Å². The van der Waals surface area contributed by atoms with E-state index in [1.54, 1.807) is 18.2 Å². The lowest BCUT2D eigenvalue weighted by atomic mass is 10.1. The fraction of sp³-hybridized carbons (Fsp3) is 0.111. The first-order valence-electron chi connectivity index (χ1n) is 3.86. The molecule has 1 amide bonds. The minimum absolute atomic E-state index is 0.161. The zero-order valence-corrected chi connectivity index (χ0v) is 9.29. The summed E-state index contributed by atoms with van der Waals surface area (Å²) in [5.41, 5.74) is 1.51. The summed E-state index contributed by atoms with van der Waals surface area (Å²) >= 11 is 12.9. The zero-order valence-electron chi connectivity index (χ0n) is 6.96. The van der Waals surface area contributed by atoms with Crippen LogP contribution in [0.5, 0.6) is 0 Å². The van der Waals surface area contributed by atoms with Crippen LogP contribution in [-0.4, -0.2) is 16.7 Å². The van der Waals surface area contributed by atoms with E-state index in [2.05, 4.69) is 4.99 Å². The van der Waals surface area contributed by atoms with Crippen LogP contribution >= 0.6 is 35.0 Å². The van der Waals surface area contributed by atoms with E-state index < -0.39 is 0 Å². The van der Waals surface area contributed by atoms with E-state index in [1.807, 2.05) is 0 Å². The largest absolute Gasteiger partial charge is 0.305 e. The van der Waals surface area contributed by atoms with Gasteiger partial charge in [0.2, 0.25) is 0 Å². The Bertz CT molecular complexity index is 431. The molecule has 0 saturated heterocycles. The Hall–Kier alpha value is -0.510. The molecule has 0 unspecified atom stereocenters. The molecule has 72 valence electrons. The summed E-state index contributed by atoms with van der Waals surface area (Å²) < 4.78 is 0. The van der Waals surface area contributed by atoms with E-state index in [0.29, 0.717) is 15.8 Å². The first-order chi connectivity index (χ1) is 6.66. The fourth-order valence-electron chi connectivity index (χ4n) is 1.17. The molecule has 1 aromatic rings. The van der Waals surface area contributed by atoms with Crippen LogP contribution in [0.1, 0.15) is 5.56 Å². The van der Waals surface area contributed by atoms with E-state index >= 15 is 0 Å². The second-order valence-corrected chi connectivity index (χ2v) is 4.51. The van der Waals surface area contributed by atoms with Crippen molar-refractivity contribution >= 4 is 45.9 Å². The Morgan fingerprint density at radius 1 is 1.36 bits per heavy atom. The highest BCUT2D eigenvalue weighted by molar-refractivity contribution is 8.14. The number of rotatable bonds is 1. The van der Waals surface area contributed by atoms with E-state index in [4.69, 9.17) is 23.2 Å². The normalized spacial score (nSPS) is 15.9. The van der Waals surface area contributed by atoms with Crippen LogP contribution in [0.15, 0.2) is 23.2 Å². The summed E-state index contributed by atoms with van der Waals surface area (Å²) in [6, 6.07) is 5.16. The Kier molecular flexibility index (Phi) is 2.81. The molecular formula is C9H5Cl2NOS. The molecule has 1 aliphatic heterocycles. The third kappa shape index (κ3) is 1.95. The van der Waals surface area contributed by atoms with Crippen molar-refractivity contribution in [2.75, 3.05) is 5.75 Å². The molecule has 0 aromatic heterocycles. The van der Waals surface area contributed by atoms with Gasteiger partial charge >= 0.3 is 5.24 Å². The van der Waals surface area contributed by atoms with Gasteiger partial charge in [0.1, 0.15) is 0 Å². The molecule has 1 heterocycles. The second kappa shape index (κ2) is 3.93. The highest BCUT2D eigenvalue weighted by atomic mass is 35.5. The van der Waals surface area contributed by atoms with Crippen molar-refractivity contribution in [3.8, 4) is 0 Å². The van der Waals surface area contributed by atoms with Gasteiger partial charge in [0, 0.05) is 16.3 Å². The number of hydrogen-bond donors (Lipinski definition) is 0. The Labute approximate surface area is 95.3 Å². The summed E-state index contributed by atoms with van der Waals surface area (Å²) in [5, 5.41) is 0.953. The minimum Gasteiger partial charge on any atom is -0.259 e. The van der Waals surface area contributed by atoms with Crippen molar-refractivity contribution in [2.24, 2.45) is 4.99 Å². The van der Waals surface area contributed by atoms with E-state index in [0.717, 1.165) is 11.3 Å². The number of thioether (sulfide) groups is 1. The van der Waals surface area contributed by atoms with Crippen molar-refractivity contribution in [2.45, 2.75) is 0 Å². The Morgan fingerprint density at radius 3 is 2.71 bits per heavy atom. The number of aliphatic imine (C=N–C) groups is 1. The van der Waals surface area contributed by atoms with Crippen molar-refractivity contribution in [3.05, 3.63) is 33.8 Å². The molecule has 0 saturated carbocycles. The van der Waals surface area contributed by atoms with Gasteiger partial charge in [-0.1, -0.05) is 41.0 Å². The molecule has 2 rings (SSSR count). The molecule has 0 fully saturated rings. The Balaban J connectivity index is 2.42. The fourth-order valence-corrected chi connectivity index (χ4v) is 2.34. The summed E-state index contributed by atoms with van der Waals surface area (Å²) in [7, 11) is 0. The van der Waals surface area contributed by atoms with Crippen LogP contribution in [0.3, 0.4) is 0 Å². The molecule has 0 radical (unpaired) electrons. The number of carbonyl (C=O) groups is 1. The molecule has 0 spiro atoms. The average molecular weight is 246 g/mol. The van der Waals surface area contributed by atoms with Crippen LogP contribution in [0.2, 0.25) is 10.0 Å². The highest BCUT2D eigenvalue weighted by Crippen LogP contribution is 2.26. The summed E-state index contributed by atoms with van der Waals surface area (Å²) in [6.07, 6.45) is 0. The maximum Gasteiger partial charge on any atom is 0.305 e. The lowest BCUT2D eigenvalue weighted by molar-refractivity contribution is 0.268. The van der Waals surface area contributed by atoms with Crippen LogP contribution < -0.4 is 0 Å². The van der Waals surface area contributed by atoms with Crippen molar-refractivity contribution in [3.63, 3.8) is 0 Å². The smallest absolute Gasteiger partial charge is 0.259 e. The topological polar surface area (TPSA) is 29.4 Å². The number of benzene rings is 1. The zero-order chi connectivity index (χ0) is 10.1. The second-order valence-electron chi connectivity index (χ2n) is 2.74. The lowest BCUT2D eigenvalue weighted by Crippen LogP contribution is -2.00. The summed E-state index contributed by atoms with van der Waals surface area (Å²) in [5.74, 6) is 0.584. The van der Waals surface area contributed by atoms with Gasteiger partial charge in [0.05, 0.1) is 10.7 Å². The van der Waals surface area contributed by atoms with Crippen LogP contribution in [0, 0.1) is 0 Å². The number of hydrogen-bond acceptors (Lipinski definition) is 2. The third-order valence-corrected chi connectivity index (χ3v) is 3.10. The SMILES string of the molecule is O=C1N=C(c2ccc(Cl)cc2Cl)CS1. The number of nitrogens with zero attached hydrogens (tertiary/aromatic N) is 1. The van der Waals surface area contributed by atoms with Gasteiger partial charge in [-0.25, -0.2) is 4.99 Å². The third-order valence-electron chi connectivity index (χ3n) is 1.80. The monoisotopic (exact) mass is 245 g/mol. The maximum absolute atomic E-state index is 10.9. The molecule has 0 bridgehead atoms. The predicted molar refractivity (Wildman–Crippen MR) is 60.9 cm³/mol. The Morgan fingerprint density at radius 2 is 2.14 bits per heavy atom. The molecule has 14 heavy (non-hydrogen) atoms. The van der Waals surface area contributed by atoms with Crippen molar-refractivity contribution < 1.29 is 4.79 Å². The van der Waals surface area contributed by atoms with Gasteiger partial charge in [-0.3, -0.25) is 4.79 Å². The predicted octanol–water partition coefficient (Wildman–Crippen LogP) is 3.65. The maximum atomic E-state index is 10.9. The van der Waals surface area contributed by atoms with Crippen molar-refractivity contribution in [1.82, 2.24) is 0 Å². The first kappa shape index (κ1) is 10.0. The summed E-state index contributed by atoms with van der Waals surface area (Å²) in [4.78, 5) is 14.8. The molecule has 5 heteroatoms. The van der Waals surface area contributed by atoms with E-state index in [9.17, 15) is 4.79 Å². The molecule has 0 N–H and O–H groups in total. The standard InChI is InChI=1S/C9H5Cl2NOS/c10-5-1-2-6(7(11)3-5)8-4-14-9(13)12-8/h1-3H,4H2. The van der Waals surface area contributed by atoms with Crippen molar-refractivity contribution in [1.29, 1.82) is 0 Å². The lowest BCUT2D eigenvalue weighted by Gasteiger charge is -2.02. The number of halogens is 2. The minimum atomic E-state index is -0.161. The van der Waals surface area contributed by atoms with Crippen LogP contribution in [-0.2, 0) is 0 Å². The van der Waals surface area contributed by atoms with Gasteiger partial charge in [0.15, 0.2) is 0 Å². The average Bonchev–Trinajstić information content (AvgIpc) is 2.51. The molecule has 1 aliphatic rings. The molecule has 1 aromatic carbocycles. The van der Waals surface area contributed by atoms with Gasteiger partial charge in [-0.2, -0.15) is 0 Å². The van der Waals surface area contributed by atoms with Crippen LogP contribution in [0.25, 0.3) is 0 Å². The molecule has 2 nitrogen and oxygen atoms in total. The first-order valence-corrected chi connectivity index (χ1v) is 5.61. The van der Waals surface area contributed by atoms with Gasteiger partial charge in [0.25, 0.3) is 0 Å². The highest BCUT2D eigenvalue weighted by Gasteiger charge is 2.18. The molecule has 0 aliphatic carbocycles. The van der Waals surface area contributed by atoms with Gasteiger partial charge < -0.3 is 0 Å². The number of amides is 1. The molecular weight excluding hydrogens is 241 g/mol. The summed E-state index contributed by atoms with van der Waals surface area (Å²) in [6.45, 7) is 0.